The van der Waals surface area contributed by atoms with Crippen LogP contribution in [0, 0.1) is 0 Å². The second-order valence-electron chi connectivity index (χ2n) is 6.04. The Morgan fingerprint density at radius 3 is 1.89 bits per heavy atom. The van der Waals surface area contributed by atoms with E-state index in [-0.39, 0.29) is 11.5 Å². The summed E-state index contributed by atoms with van der Waals surface area (Å²) in [6.07, 6.45) is 0. The second-order valence-corrected chi connectivity index (χ2v) is 7.96. The Balaban J connectivity index is 1.93. The summed E-state index contributed by atoms with van der Waals surface area (Å²) in [6.45, 7) is 0.306. The smallest absolute Gasteiger partial charge is 0.304 e. The molecule has 0 aromatic heterocycles. The average molecular weight is 401 g/mol. The SMILES string of the molecule is O=C(c1ccc(S(=O)(=O)C(F)F)cc1)N(Cc1ccccc1)c1ccccc1. The number of benzene rings is 3. The fourth-order valence-corrected chi connectivity index (χ4v) is 3.42. The monoisotopic (exact) mass is 401 g/mol. The van der Waals surface area contributed by atoms with Gasteiger partial charge in [-0.15, -0.1) is 0 Å². The largest absolute Gasteiger partial charge is 0.341 e. The van der Waals surface area contributed by atoms with Crippen LogP contribution in [-0.4, -0.2) is 20.1 Å². The number of hydrogen-bond donors (Lipinski definition) is 0. The van der Waals surface area contributed by atoms with Crippen LogP contribution < -0.4 is 4.90 Å². The summed E-state index contributed by atoms with van der Waals surface area (Å²) < 4.78 is 48.5. The number of anilines is 1. The lowest BCUT2D eigenvalue weighted by Gasteiger charge is -2.23. The van der Waals surface area contributed by atoms with Crippen molar-refractivity contribution in [1.82, 2.24) is 0 Å². The fourth-order valence-electron chi connectivity index (χ4n) is 2.70. The Kier molecular flexibility index (Phi) is 5.84. The standard InChI is InChI=1S/C21H17F2NO3S/c22-21(23)28(26,27)19-13-11-17(12-14-19)20(25)24(18-9-5-2-6-10-18)15-16-7-3-1-4-8-16/h1-14,21H,15H2. The molecule has 1 amide bonds. The van der Waals surface area contributed by atoms with E-state index in [1.165, 1.54) is 12.1 Å². The zero-order chi connectivity index (χ0) is 20.1. The quantitative estimate of drug-likeness (QED) is 0.610. The molecule has 0 radical (unpaired) electrons. The van der Waals surface area contributed by atoms with Gasteiger partial charge in [0.15, 0.2) is 0 Å². The van der Waals surface area contributed by atoms with Gasteiger partial charge in [0, 0.05) is 11.3 Å². The van der Waals surface area contributed by atoms with E-state index in [1.54, 1.807) is 29.2 Å². The highest BCUT2D eigenvalue weighted by molar-refractivity contribution is 7.91. The van der Waals surface area contributed by atoms with E-state index in [4.69, 9.17) is 0 Å². The number of para-hydroxylation sites is 1. The van der Waals surface area contributed by atoms with Crippen molar-refractivity contribution in [3.8, 4) is 0 Å². The number of hydrogen-bond acceptors (Lipinski definition) is 3. The first kappa shape index (κ1) is 19.7. The summed E-state index contributed by atoms with van der Waals surface area (Å²) in [5, 5.41) is 0. The maximum Gasteiger partial charge on any atom is 0.341 e. The molecule has 0 atom stereocenters. The van der Waals surface area contributed by atoms with E-state index in [0.717, 1.165) is 17.7 Å². The van der Waals surface area contributed by atoms with Crippen LogP contribution in [0.5, 0.6) is 0 Å². The van der Waals surface area contributed by atoms with Gasteiger partial charge >= 0.3 is 5.76 Å². The molecule has 28 heavy (non-hydrogen) atoms. The maximum atomic E-state index is 13.1. The van der Waals surface area contributed by atoms with Crippen LogP contribution in [0.2, 0.25) is 0 Å². The molecular weight excluding hydrogens is 384 g/mol. The number of nitrogens with zero attached hydrogens (tertiary/aromatic N) is 1. The highest BCUT2D eigenvalue weighted by Gasteiger charge is 2.27. The number of alkyl halides is 2. The molecule has 0 aliphatic heterocycles. The highest BCUT2D eigenvalue weighted by atomic mass is 32.2. The van der Waals surface area contributed by atoms with Gasteiger partial charge in [0.1, 0.15) is 0 Å². The Hall–Kier alpha value is -3.06. The molecule has 0 saturated carbocycles. The summed E-state index contributed by atoms with van der Waals surface area (Å²) in [5.41, 5.74) is 1.78. The third-order valence-corrected chi connectivity index (χ3v) is 5.56. The molecular formula is C21H17F2NO3S. The van der Waals surface area contributed by atoms with Crippen LogP contribution in [0.1, 0.15) is 15.9 Å². The molecule has 0 aliphatic rings. The first-order valence-electron chi connectivity index (χ1n) is 8.42. The van der Waals surface area contributed by atoms with Gasteiger partial charge in [-0.3, -0.25) is 4.79 Å². The molecule has 0 heterocycles. The molecule has 7 heteroatoms. The Bertz CT molecular complexity index is 1040. The number of sulfone groups is 1. The van der Waals surface area contributed by atoms with Gasteiger partial charge in [-0.2, -0.15) is 8.78 Å². The number of carbonyl (C=O) groups is 1. The van der Waals surface area contributed by atoms with Crippen molar-refractivity contribution in [2.75, 3.05) is 4.90 Å². The molecule has 0 N–H and O–H groups in total. The van der Waals surface area contributed by atoms with E-state index < -0.39 is 20.5 Å². The van der Waals surface area contributed by atoms with Crippen molar-refractivity contribution in [2.45, 2.75) is 17.2 Å². The number of rotatable bonds is 6. The summed E-state index contributed by atoms with van der Waals surface area (Å²) >= 11 is 0. The lowest BCUT2D eigenvalue weighted by Crippen LogP contribution is -2.30. The number of amides is 1. The normalized spacial score (nSPS) is 11.4. The molecule has 0 spiro atoms. The van der Waals surface area contributed by atoms with Gasteiger partial charge in [-0.1, -0.05) is 48.5 Å². The highest BCUT2D eigenvalue weighted by Crippen LogP contribution is 2.22. The maximum absolute atomic E-state index is 13.1. The average Bonchev–Trinajstić information content (AvgIpc) is 2.73. The van der Waals surface area contributed by atoms with Crippen molar-refractivity contribution < 1.29 is 22.0 Å². The lowest BCUT2D eigenvalue weighted by atomic mass is 10.1. The van der Waals surface area contributed by atoms with E-state index >= 15 is 0 Å². The predicted octanol–water partition coefficient (Wildman–Crippen LogP) is 4.53. The molecule has 3 aromatic rings. The van der Waals surface area contributed by atoms with E-state index in [0.29, 0.717) is 12.2 Å². The van der Waals surface area contributed by atoms with Gasteiger partial charge < -0.3 is 4.90 Å². The molecule has 0 aliphatic carbocycles. The zero-order valence-electron chi connectivity index (χ0n) is 14.7. The minimum Gasteiger partial charge on any atom is -0.304 e. The summed E-state index contributed by atoms with van der Waals surface area (Å²) in [7, 11) is -4.70. The Labute approximate surface area is 162 Å². The Morgan fingerprint density at radius 1 is 0.821 bits per heavy atom. The van der Waals surface area contributed by atoms with Gasteiger partial charge in [-0.25, -0.2) is 8.42 Å². The van der Waals surface area contributed by atoms with Crippen LogP contribution in [0.25, 0.3) is 0 Å². The number of halogens is 2. The van der Waals surface area contributed by atoms with Crippen LogP contribution in [-0.2, 0) is 16.4 Å². The third-order valence-electron chi connectivity index (χ3n) is 4.16. The minimum atomic E-state index is -4.70. The summed E-state index contributed by atoms with van der Waals surface area (Å²) in [4.78, 5) is 14.1. The van der Waals surface area contributed by atoms with Gasteiger partial charge in [0.2, 0.25) is 9.84 Å². The molecule has 144 valence electrons. The van der Waals surface area contributed by atoms with Crippen molar-refractivity contribution in [3.63, 3.8) is 0 Å². The first-order chi connectivity index (χ1) is 13.4. The van der Waals surface area contributed by atoms with Gasteiger partial charge in [0.05, 0.1) is 11.4 Å². The zero-order valence-corrected chi connectivity index (χ0v) is 15.5. The molecule has 0 saturated heterocycles. The van der Waals surface area contributed by atoms with Crippen LogP contribution >= 0.6 is 0 Å². The number of carbonyl (C=O) groups excluding carboxylic acids is 1. The molecule has 0 bridgehead atoms. The topological polar surface area (TPSA) is 54.5 Å². The van der Waals surface area contributed by atoms with Crippen molar-refractivity contribution >= 4 is 21.4 Å². The van der Waals surface area contributed by atoms with Gasteiger partial charge in [0.25, 0.3) is 5.91 Å². The second kappa shape index (κ2) is 8.31. The molecule has 3 rings (SSSR count). The molecule has 3 aromatic carbocycles. The molecule has 0 fully saturated rings. The predicted molar refractivity (Wildman–Crippen MR) is 103 cm³/mol. The third kappa shape index (κ3) is 4.26. The lowest BCUT2D eigenvalue weighted by molar-refractivity contribution is 0.0985. The van der Waals surface area contributed by atoms with Crippen molar-refractivity contribution in [2.24, 2.45) is 0 Å². The van der Waals surface area contributed by atoms with Crippen molar-refractivity contribution in [3.05, 3.63) is 96.1 Å². The first-order valence-corrected chi connectivity index (χ1v) is 9.97. The molecule has 4 nitrogen and oxygen atoms in total. The van der Waals surface area contributed by atoms with Crippen LogP contribution in [0.3, 0.4) is 0 Å². The summed E-state index contributed by atoms with van der Waals surface area (Å²) in [6, 6.07) is 23.0. The summed E-state index contributed by atoms with van der Waals surface area (Å²) in [5.74, 6) is -3.87. The van der Waals surface area contributed by atoms with E-state index in [9.17, 15) is 22.0 Å². The van der Waals surface area contributed by atoms with Crippen LogP contribution in [0.4, 0.5) is 14.5 Å². The van der Waals surface area contributed by atoms with Crippen molar-refractivity contribution in [1.29, 1.82) is 0 Å². The Morgan fingerprint density at radius 2 is 1.36 bits per heavy atom. The van der Waals surface area contributed by atoms with E-state index in [2.05, 4.69) is 0 Å². The van der Waals surface area contributed by atoms with Crippen LogP contribution in [0.15, 0.2) is 89.8 Å². The molecule has 0 unspecified atom stereocenters. The van der Waals surface area contributed by atoms with E-state index in [1.807, 2.05) is 36.4 Å². The fraction of sp³-hybridized carbons (Fsp3) is 0.0952. The van der Waals surface area contributed by atoms with Gasteiger partial charge in [-0.05, 0) is 42.0 Å². The minimum absolute atomic E-state index is 0.202.